The average molecular weight is 446 g/mol. The number of carbonyl (C=O) groups excluding carboxylic acids is 2. The van der Waals surface area contributed by atoms with Crippen LogP contribution in [0.5, 0.6) is 0 Å². The molecular weight excluding hydrogens is 405 g/mol. The number of ether oxygens (including phenoxy) is 2. The van der Waals surface area contributed by atoms with Crippen molar-refractivity contribution in [3.05, 3.63) is 12.2 Å². The molecular formula is C22H40FNO5Si. The van der Waals surface area contributed by atoms with Crippen LogP contribution in [0.1, 0.15) is 61.3 Å². The molecule has 1 unspecified atom stereocenters. The van der Waals surface area contributed by atoms with Gasteiger partial charge in [0, 0.05) is 13.0 Å². The Morgan fingerprint density at radius 1 is 1.23 bits per heavy atom. The number of hydrogen-bond acceptors (Lipinski definition) is 5. The molecule has 174 valence electrons. The molecule has 0 aromatic carbocycles. The highest BCUT2D eigenvalue weighted by molar-refractivity contribution is 6.74. The first-order chi connectivity index (χ1) is 13.5. The predicted molar refractivity (Wildman–Crippen MR) is 119 cm³/mol. The van der Waals surface area contributed by atoms with Gasteiger partial charge in [-0.15, -0.1) is 0 Å². The van der Waals surface area contributed by atoms with Gasteiger partial charge in [0.1, 0.15) is 11.8 Å². The zero-order chi connectivity index (χ0) is 23.5. The van der Waals surface area contributed by atoms with Crippen LogP contribution in [-0.4, -0.2) is 62.4 Å². The summed E-state index contributed by atoms with van der Waals surface area (Å²) in [6.45, 7) is 21.4. The average Bonchev–Trinajstić information content (AvgIpc) is 2.88. The van der Waals surface area contributed by atoms with E-state index in [9.17, 15) is 9.59 Å². The van der Waals surface area contributed by atoms with Crippen LogP contribution in [0.3, 0.4) is 0 Å². The molecule has 30 heavy (non-hydrogen) atoms. The normalized spacial score (nSPS) is 21.5. The molecule has 1 rings (SSSR count). The molecule has 0 N–H and O–H groups in total. The first-order valence-corrected chi connectivity index (χ1v) is 13.5. The lowest BCUT2D eigenvalue weighted by molar-refractivity contribution is -0.155. The van der Waals surface area contributed by atoms with Crippen LogP contribution in [-0.2, 0) is 18.7 Å². The van der Waals surface area contributed by atoms with Gasteiger partial charge in [-0.25, -0.2) is 14.0 Å². The molecule has 1 aliphatic heterocycles. The van der Waals surface area contributed by atoms with Gasteiger partial charge in [-0.3, -0.25) is 4.90 Å². The monoisotopic (exact) mass is 445 g/mol. The van der Waals surface area contributed by atoms with Crippen molar-refractivity contribution < 1.29 is 27.9 Å². The van der Waals surface area contributed by atoms with Gasteiger partial charge in [0.15, 0.2) is 13.9 Å². The number of alkyl halides is 1. The van der Waals surface area contributed by atoms with E-state index in [0.29, 0.717) is 12.0 Å². The van der Waals surface area contributed by atoms with Gasteiger partial charge >= 0.3 is 12.1 Å². The lowest BCUT2D eigenvalue weighted by Gasteiger charge is -2.39. The summed E-state index contributed by atoms with van der Waals surface area (Å²) in [5.74, 6) is -0.673. The Hall–Kier alpha value is -1.41. The van der Waals surface area contributed by atoms with E-state index >= 15 is 4.39 Å². The van der Waals surface area contributed by atoms with E-state index in [2.05, 4.69) is 27.4 Å². The molecule has 2 atom stereocenters. The Balaban J connectivity index is 3.16. The first kappa shape index (κ1) is 26.6. The molecule has 1 fully saturated rings. The molecule has 0 aromatic heterocycles. The fourth-order valence-electron chi connectivity index (χ4n) is 3.14. The highest BCUT2D eigenvalue weighted by Gasteiger charge is 2.56. The zero-order valence-electron chi connectivity index (χ0n) is 20.2. The van der Waals surface area contributed by atoms with Crippen LogP contribution in [0.4, 0.5) is 9.18 Å². The minimum Gasteiger partial charge on any atom is -0.464 e. The fourth-order valence-corrected chi connectivity index (χ4v) is 4.17. The van der Waals surface area contributed by atoms with Crippen LogP contribution in [0.15, 0.2) is 12.2 Å². The molecule has 1 amide bonds. The first-order valence-electron chi connectivity index (χ1n) is 10.6. The van der Waals surface area contributed by atoms with Gasteiger partial charge in [0.05, 0.1) is 13.2 Å². The van der Waals surface area contributed by atoms with Crippen molar-refractivity contribution >= 4 is 20.4 Å². The van der Waals surface area contributed by atoms with E-state index in [-0.39, 0.29) is 31.2 Å². The molecule has 0 aliphatic carbocycles. The third-order valence-electron chi connectivity index (χ3n) is 5.86. The van der Waals surface area contributed by atoms with E-state index in [0.717, 1.165) is 0 Å². The molecule has 1 saturated heterocycles. The smallest absolute Gasteiger partial charge is 0.411 e. The maximum atomic E-state index is 15.2. The summed E-state index contributed by atoms with van der Waals surface area (Å²) in [7, 11) is -2.16. The van der Waals surface area contributed by atoms with Crippen molar-refractivity contribution in [2.24, 2.45) is 0 Å². The van der Waals surface area contributed by atoms with Gasteiger partial charge in [0.25, 0.3) is 0 Å². The predicted octanol–water partition coefficient (Wildman–Crippen LogP) is 5.24. The van der Waals surface area contributed by atoms with Gasteiger partial charge in [-0.05, 0) is 57.8 Å². The van der Waals surface area contributed by atoms with Gasteiger partial charge in [-0.2, -0.15) is 0 Å². The zero-order valence-corrected chi connectivity index (χ0v) is 21.2. The number of nitrogens with zero attached hydrogens (tertiary/aromatic N) is 1. The number of carbonyl (C=O) groups is 2. The molecule has 0 aromatic rings. The second-order valence-electron chi connectivity index (χ2n) is 10.4. The molecule has 0 radical (unpaired) electrons. The Kier molecular flexibility index (Phi) is 8.33. The highest BCUT2D eigenvalue weighted by Crippen LogP contribution is 2.41. The topological polar surface area (TPSA) is 65.1 Å². The fraction of sp³-hybridized carbons (Fsp3) is 0.818. The Morgan fingerprint density at radius 3 is 2.27 bits per heavy atom. The molecule has 0 bridgehead atoms. The summed E-state index contributed by atoms with van der Waals surface area (Å²) < 4.78 is 32.0. The number of hydrogen-bond donors (Lipinski definition) is 0. The van der Waals surface area contributed by atoms with Gasteiger partial charge in [0.2, 0.25) is 0 Å². The Bertz CT molecular complexity index is 653. The van der Waals surface area contributed by atoms with Gasteiger partial charge in [-0.1, -0.05) is 27.4 Å². The highest BCUT2D eigenvalue weighted by atomic mass is 28.4. The number of halogens is 1. The van der Waals surface area contributed by atoms with E-state index in [1.54, 1.807) is 27.7 Å². The SMILES string of the molecule is C=C1CCN(C(=O)OC(C)(C)C)C1(C[C@@H](F)CO[Si](C)(C)C(C)(C)C)C(=O)OCC. The maximum absolute atomic E-state index is 15.2. The molecule has 0 spiro atoms. The largest absolute Gasteiger partial charge is 0.464 e. The summed E-state index contributed by atoms with van der Waals surface area (Å²) >= 11 is 0. The number of esters is 1. The van der Waals surface area contributed by atoms with Crippen LogP contribution < -0.4 is 0 Å². The lowest BCUT2D eigenvalue weighted by Crippen LogP contribution is -2.57. The molecule has 1 heterocycles. The third kappa shape index (κ3) is 6.06. The third-order valence-corrected chi connectivity index (χ3v) is 10.4. The van der Waals surface area contributed by atoms with E-state index in [4.69, 9.17) is 13.9 Å². The quantitative estimate of drug-likeness (QED) is 0.305. The van der Waals surface area contributed by atoms with Crippen LogP contribution >= 0.6 is 0 Å². The Morgan fingerprint density at radius 2 is 1.80 bits per heavy atom. The van der Waals surface area contributed by atoms with Crippen molar-refractivity contribution in [1.29, 1.82) is 0 Å². The minimum atomic E-state index is -2.16. The number of likely N-dealkylation sites (tertiary alicyclic amines) is 1. The summed E-state index contributed by atoms with van der Waals surface area (Å²) in [4.78, 5) is 27.2. The van der Waals surface area contributed by atoms with E-state index < -0.39 is 37.7 Å². The second kappa shape index (κ2) is 9.38. The summed E-state index contributed by atoms with van der Waals surface area (Å²) in [5, 5.41) is -0.0644. The van der Waals surface area contributed by atoms with Crippen molar-refractivity contribution in [2.45, 2.75) is 96.8 Å². The van der Waals surface area contributed by atoms with E-state index in [1.807, 2.05) is 13.1 Å². The minimum absolute atomic E-state index is 0.0644. The maximum Gasteiger partial charge on any atom is 0.411 e. The summed E-state index contributed by atoms with van der Waals surface area (Å²) in [6, 6.07) is 0. The number of amides is 1. The lowest BCUT2D eigenvalue weighted by atomic mass is 9.86. The molecule has 0 saturated carbocycles. The van der Waals surface area contributed by atoms with E-state index in [1.165, 1.54) is 4.90 Å². The molecule has 6 nitrogen and oxygen atoms in total. The van der Waals surface area contributed by atoms with Crippen molar-refractivity contribution in [3.63, 3.8) is 0 Å². The number of rotatable bonds is 7. The summed E-state index contributed by atoms with van der Waals surface area (Å²) in [5.41, 5.74) is -1.88. The van der Waals surface area contributed by atoms with Crippen molar-refractivity contribution in [2.75, 3.05) is 19.8 Å². The second-order valence-corrected chi connectivity index (χ2v) is 15.2. The standard InChI is InChI=1S/C22H40FNO5Si/c1-11-27-18(25)22(14-17(23)15-28-30(9,10)21(6,7)8)16(2)12-13-24(22)19(26)29-20(3,4)5/h17H,2,11-15H2,1,3-10H3/t17-,22?/m1/s1. The molecule has 8 heteroatoms. The summed E-state index contributed by atoms with van der Waals surface area (Å²) in [6.07, 6.45) is -2.03. The van der Waals surface area contributed by atoms with Crippen molar-refractivity contribution in [1.82, 2.24) is 4.90 Å². The van der Waals surface area contributed by atoms with Crippen LogP contribution in [0.2, 0.25) is 18.1 Å². The van der Waals surface area contributed by atoms with Crippen LogP contribution in [0.25, 0.3) is 0 Å². The van der Waals surface area contributed by atoms with Crippen molar-refractivity contribution in [3.8, 4) is 0 Å². The van der Waals surface area contributed by atoms with Gasteiger partial charge < -0.3 is 13.9 Å². The molecule has 1 aliphatic rings. The Labute approximate surface area is 182 Å². The van der Waals surface area contributed by atoms with Crippen LogP contribution in [0, 0.1) is 0 Å².